The minimum Gasteiger partial charge on any atom is -0.427 e. The molecule has 0 bridgehead atoms. The number of ether oxygens (including phenoxy) is 1. The van der Waals surface area contributed by atoms with E-state index in [0.717, 1.165) is 19.8 Å². The van der Waals surface area contributed by atoms with E-state index in [9.17, 15) is 5.11 Å². The third-order valence-corrected chi connectivity index (χ3v) is 3.47. The average molecular weight is 267 g/mol. The van der Waals surface area contributed by atoms with Crippen molar-refractivity contribution >= 4 is 13.7 Å². The molecular formula is C13H24BN2O3. The van der Waals surface area contributed by atoms with Crippen LogP contribution in [-0.2, 0) is 9.39 Å². The zero-order chi connectivity index (χ0) is 14.5. The lowest BCUT2D eigenvalue weighted by Crippen LogP contribution is -2.48. The zero-order valence-corrected chi connectivity index (χ0v) is 12.2. The highest BCUT2D eigenvalue weighted by Gasteiger charge is 2.35. The summed E-state index contributed by atoms with van der Waals surface area (Å²) in [5.74, 6) is 0.518. The molecule has 0 aromatic rings. The Hall–Kier alpha value is -0.845. The summed E-state index contributed by atoms with van der Waals surface area (Å²) in [6, 6.07) is 0. The van der Waals surface area contributed by atoms with Crippen LogP contribution in [0.1, 0.15) is 27.7 Å². The molecule has 1 radical (unpaired) electrons. The van der Waals surface area contributed by atoms with Crippen LogP contribution in [0, 0.1) is 5.92 Å². The van der Waals surface area contributed by atoms with E-state index >= 15 is 0 Å². The SMILES string of the molecule is CC(C)(O)C(C)(C)O[B]/C(C=NCC1COC1)=C/N. The largest absolute Gasteiger partial charge is 0.427 e. The predicted octanol–water partition coefficient (Wildman–Crippen LogP) is 0.689. The third-order valence-electron chi connectivity index (χ3n) is 3.47. The lowest BCUT2D eigenvalue weighted by atomic mass is 9.83. The standard InChI is InChI=1S/C13H24BN2O3/c1-12(2,17)13(3,4)19-14-11(5-15)7-16-6-10-8-18-9-10/h5,7,10,17H,6,8-9,15H2,1-4H3/b11-5+,16-7?. The van der Waals surface area contributed by atoms with Gasteiger partial charge in [0.1, 0.15) is 0 Å². The van der Waals surface area contributed by atoms with Gasteiger partial charge in [0.15, 0.2) is 0 Å². The van der Waals surface area contributed by atoms with Gasteiger partial charge in [-0.3, -0.25) is 4.99 Å². The molecule has 0 saturated carbocycles. The van der Waals surface area contributed by atoms with Gasteiger partial charge in [-0.25, -0.2) is 0 Å². The fourth-order valence-corrected chi connectivity index (χ4v) is 1.17. The van der Waals surface area contributed by atoms with Crippen LogP contribution in [0.3, 0.4) is 0 Å². The number of allylic oxidation sites excluding steroid dienone is 1. The highest BCUT2D eigenvalue weighted by Crippen LogP contribution is 2.24. The van der Waals surface area contributed by atoms with E-state index in [2.05, 4.69) is 4.99 Å². The molecule has 1 aliphatic rings. The van der Waals surface area contributed by atoms with Gasteiger partial charge in [-0.15, -0.1) is 0 Å². The molecule has 0 atom stereocenters. The molecule has 3 N–H and O–H groups in total. The maximum Gasteiger partial charge on any atom is 0.333 e. The van der Waals surface area contributed by atoms with E-state index < -0.39 is 11.2 Å². The van der Waals surface area contributed by atoms with Crippen molar-refractivity contribution in [3.63, 3.8) is 0 Å². The molecule has 0 aromatic heterocycles. The van der Waals surface area contributed by atoms with E-state index in [4.69, 9.17) is 15.1 Å². The van der Waals surface area contributed by atoms with Crippen LogP contribution >= 0.6 is 0 Å². The first kappa shape index (κ1) is 16.2. The van der Waals surface area contributed by atoms with Gasteiger partial charge in [-0.2, -0.15) is 0 Å². The van der Waals surface area contributed by atoms with Crippen molar-refractivity contribution in [2.45, 2.75) is 38.9 Å². The topological polar surface area (TPSA) is 77.1 Å². The lowest BCUT2D eigenvalue weighted by Gasteiger charge is -2.37. The van der Waals surface area contributed by atoms with Crippen molar-refractivity contribution in [2.24, 2.45) is 16.6 Å². The zero-order valence-electron chi connectivity index (χ0n) is 12.2. The molecule has 0 aromatic carbocycles. The molecule has 107 valence electrons. The Labute approximate surface area is 116 Å². The molecule has 0 unspecified atom stereocenters. The van der Waals surface area contributed by atoms with Gasteiger partial charge in [0, 0.05) is 18.7 Å². The van der Waals surface area contributed by atoms with E-state index in [1.807, 2.05) is 13.8 Å². The van der Waals surface area contributed by atoms with Gasteiger partial charge in [0.05, 0.1) is 24.4 Å². The fourth-order valence-electron chi connectivity index (χ4n) is 1.17. The Morgan fingerprint density at radius 2 is 2.11 bits per heavy atom. The Kier molecular flexibility index (Phi) is 5.58. The summed E-state index contributed by atoms with van der Waals surface area (Å²) in [5, 5.41) is 9.98. The van der Waals surface area contributed by atoms with Gasteiger partial charge < -0.3 is 20.2 Å². The molecule has 1 heterocycles. The molecule has 5 nitrogen and oxygen atoms in total. The van der Waals surface area contributed by atoms with Gasteiger partial charge in [-0.05, 0) is 39.4 Å². The fraction of sp³-hybridized carbons (Fsp3) is 0.769. The first-order valence-electron chi connectivity index (χ1n) is 6.49. The van der Waals surface area contributed by atoms with Gasteiger partial charge in [0.25, 0.3) is 0 Å². The molecular weight excluding hydrogens is 243 g/mol. The van der Waals surface area contributed by atoms with E-state index in [-0.39, 0.29) is 0 Å². The van der Waals surface area contributed by atoms with Crippen molar-refractivity contribution in [1.29, 1.82) is 0 Å². The summed E-state index contributed by atoms with van der Waals surface area (Å²) in [6.07, 6.45) is 3.11. The van der Waals surface area contributed by atoms with E-state index in [0.29, 0.717) is 11.4 Å². The molecule has 0 amide bonds. The molecule has 1 fully saturated rings. The molecule has 1 rings (SSSR count). The number of hydrogen-bond acceptors (Lipinski definition) is 5. The van der Waals surface area contributed by atoms with Gasteiger partial charge in [0.2, 0.25) is 0 Å². The van der Waals surface area contributed by atoms with Crippen molar-refractivity contribution in [1.82, 2.24) is 0 Å². The van der Waals surface area contributed by atoms with Crippen LogP contribution in [0.15, 0.2) is 16.7 Å². The Balaban J connectivity index is 2.40. The first-order valence-corrected chi connectivity index (χ1v) is 6.49. The van der Waals surface area contributed by atoms with Crippen LogP contribution in [0.4, 0.5) is 0 Å². The number of nitrogens with zero attached hydrogens (tertiary/aromatic N) is 1. The molecule has 0 aliphatic carbocycles. The molecule has 19 heavy (non-hydrogen) atoms. The first-order chi connectivity index (χ1) is 8.76. The summed E-state index contributed by atoms with van der Waals surface area (Å²) in [5.41, 5.74) is 4.53. The van der Waals surface area contributed by atoms with Crippen LogP contribution in [0.5, 0.6) is 0 Å². The summed E-state index contributed by atoms with van der Waals surface area (Å²) < 4.78 is 10.7. The van der Waals surface area contributed by atoms with Crippen molar-refractivity contribution in [2.75, 3.05) is 19.8 Å². The maximum atomic E-state index is 9.98. The summed E-state index contributed by atoms with van der Waals surface area (Å²) in [4.78, 5) is 4.30. The smallest absolute Gasteiger partial charge is 0.333 e. The van der Waals surface area contributed by atoms with Crippen LogP contribution in [-0.4, -0.2) is 49.8 Å². The van der Waals surface area contributed by atoms with E-state index in [1.54, 1.807) is 20.1 Å². The number of aliphatic hydroxyl groups is 1. The predicted molar refractivity (Wildman–Crippen MR) is 77.2 cm³/mol. The van der Waals surface area contributed by atoms with Crippen LogP contribution in [0.25, 0.3) is 0 Å². The quantitative estimate of drug-likeness (QED) is 0.525. The minimum absolute atomic E-state index is 0.518. The third kappa shape index (κ3) is 4.97. The van der Waals surface area contributed by atoms with Gasteiger partial charge >= 0.3 is 7.48 Å². The minimum atomic E-state index is -0.955. The number of rotatable bonds is 7. The average Bonchev–Trinajstić information content (AvgIpc) is 2.24. The van der Waals surface area contributed by atoms with Crippen LogP contribution in [0.2, 0.25) is 0 Å². The second-order valence-electron chi connectivity index (χ2n) is 5.87. The Morgan fingerprint density at radius 3 is 2.53 bits per heavy atom. The van der Waals surface area contributed by atoms with Crippen LogP contribution < -0.4 is 5.73 Å². The summed E-state index contributed by atoms with van der Waals surface area (Å²) >= 11 is 0. The number of hydrogen-bond donors (Lipinski definition) is 2. The molecule has 1 aliphatic heterocycles. The second kappa shape index (κ2) is 6.54. The monoisotopic (exact) mass is 267 g/mol. The maximum absolute atomic E-state index is 9.98. The molecule has 1 saturated heterocycles. The Bertz CT molecular complexity index is 344. The highest BCUT2D eigenvalue weighted by molar-refractivity contribution is 6.46. The van der Waals surface area contributed by atoms with E-state index in [1.165, 1.54) is 13.7 Å². The van der Waals surface area contributed by atoms with Crippen molar-refractivity contribution in [3.05, 3.63) is 11.7 Å². The molecule has 6 heteroatoms. The van der Waals surface area contributed by atoms with Crippen molar-refractivity contribution < 1.29 is 14.5 Å². The van der Waals surface area contributed by atoms with Gasteiger partial charge in [-0.1, -0.05) is 0 Å². The highest BCUT2D eigenvalue weighted by atomic mass is 16.5. The normalized spacial score (nSPS) is 18.7. The second-order valence-corrected chi connectivity index (χ2v) is 5.87. The summed E-state index contributed by atoms with van der Waals surface area (Å²) in [6.45, 7) is 9.35. The summed E-state index contributed by atoms with van der Waals surface area (Å²) in [7, 11) is 1.53. The Morgan fingerprint density at radius 1 is 1.47 bits per heavy atom. The number of nitrogens with two attached hydrogens (primary N) is 1. The molecule has 0 spiro atoms. The van der Waals surface area contributed by atoms with Crippen molar-refractivity contribution in [3.8, 4) is 0 Å². The number of aliphatic imine (C=N–C) groups is 1. The lowest BCUT2D eigenvalue weighted by molar-refractivity contribution is -0.0895.